The van der Waals surface area contributed by atoms with Crippen LogP contribution in [0.5, 0.6) is 0 Å². The Hall–Kier alpha value is -2.55. The molecule has 1 N–H and O–H groups in total. The molecule has 3 nitrogen and oxygen atoms in total. The number of benzene rings is 1. The van der Waals surface area contributed by atoms with E-state index in [2.05, 4.69) is 17.9 Å². The smallest absolute Gasteiger partial charge is 0.335 e. The zero-order valence-electron chi connectivity index (χ0n) is 13.9. The standard InChI is InChI=1S/C14H14O2.C3H6O.C2H6/c1-3-5-7-11(4-2)12-8-6-9-13(10-12)14(15)16;1-3-4-2;1-2/h3-10H,1H2,2H3,(H,15,16);3H,1H2,2H3;1-2H3/b7-5-,11-4+;;. The molecule has 0 aliphatic heterocycles. The quantitative estimate of drug-likeness (QED) is 0.590. The van der Waals surface area contributed by atoms with Crippen molar-refractivity contribution in [3.05, 3.63) is 79.1 Å². The summed E-state index contributed by atoms with van der Waals surface area (Å²) in [6.45, 7) is 12.8. The van der Waals surface area contributed by atoms with Crippen molar-refractivity contribution in [3.63, 3.8) is 0 Å². The highest BCUT2D eigenvalue weighted by Crippen LogP contribution is 2.17. The van der Waals surface area contributed by atoms with Crippen molar-refractivity contribution < 1.29 is 14.6 Å². The molecule has 1 aromatic rings. The summed E-state index contributed by atoms with van der Waals surface area (Å²) in [7, 11) is 1.56. The first kappa shape index (κ1) is 21.7. The second-order valence-corrected chi connectivity index (χ2v) is 3.63. The van der Waals surface area contributed by atoms with Gasteiger partial charge in [-0.15, -0.1) is 0 Å². The van der Waals surface area contributed by atoms with E-state index in [0.29, 0.717) is 5.56 Å². The van der Waals surface area contributed by atoms with Gasteiger partial charge in [-0.3, -0.25) is 0 Å². The molecule has 0 unspecified atom stereocenters. The van der Waals surface area contributed by atoms with Crippen LogP contribution in [0, 0.1) is 0 Å². The molecule has 0 aliphatic rings. The summed E-state index contributed by atoms with van der Waals surface area (Å²) in [6.07, 6.45) is 8.71. The minimum absolute atomic E-state index is 0.295. The van der Waals surface area contributed by atoms with Gasteiger partial charge in [-0.2, -0.15) is 0 Å². The largest absolute Gasteiger partial charge is 0.505 e. The number of ether oxygens (including phenoxy) is 1. The van der Waals surface area contributed by atoms with Crippen LogP contribution >= 0.6 is 0 Å². The molecule has 0 amide bonds. The number of carboxylic acids is 1. The highest BCUT2D eigenvalue weighted by molar-refractivity contribution is 5.89. The lowest BCUT2D eigenvalue weighted by molar-refractivity contribution is 0.0697. The normalized spacial score (nSPS) is 9.73. The predicted molar refractivity (Wildman–Crippen MR) is 94.9 cm³/mol. The van der Waals surface area contributed by atoms with Crippen LogP contribution in [0.2, 0.25) is 0 Å². The van der Waals surface area contributed by atoms with Gasteiger partial charge in [0.15, 0.2) is 0 Å². The van der Waals surface area contributed by atoms with Gasteiger partial charge in [0.1, 0.15) is 0 Å². The van der Waals surface area contributed by atoms with Crippen molar-refractivity contribution in [2.24, 2.45) is 0 Å². The maximum Gasteiger partial charge on any atom is 0.335 e. The maximum atomic E-state index is 10.8. The van der Waals surface area contributed by atoms with Crippen molar-refractivity contribution in [2.45, 2.75) is 20.8 Å². The number of carbonyl (C=O) groups is 1. The average molecular weight is 302 g/mol. The van der Waals surface area contributed by atoms with E-state index in [1.54, 1.807) is 31.4 Å². The number of aromatic carboxylic acids is 1. The topological polar surface area (TPSA) is 46.5 Å². The number of rotatable bonds is 5. The van der Waals surface area contributed by atoms with Crippen molar-refractivity contribution in [3.8, 4) is 0 Å². The summed E-state index contributed by atoms with van der Waals surface area (Å²) in [5.41, 5.74) is 2.16. The van der Waals surface area contributed by atoms with E-state index in [1.807, 2.05) is 45.1 Å². The van der Waals surface area contributed by atoms with Gasteiger partial charge in [-0.25, -0.2) is 4.79 Å². The minimum Gasteiger partial charge on any atom is -0.505 e. The number of hydrogen-bond donors (Lipinski definition) is 1. The van der Waals surface area contributed by atoms with Crippen LogP contribution in [-0.4, -0.2) is 18.2 Å². The molecule has 1 rings (SSSR count). The van der Waals surface area contributed by atoms with Crippen LogP contribution in [0.3, 0.4) is 0 Å². The Morgan fingerprint density at radius 1 is 1.23 bits per heavy atom. The Labute approximate surface area is 133 Å². The Morgan fingerprint density at radius 3 is 2.18 bits per heavy atom. The van der Waals surface area contributed by atoms with Crippen LogP contribution in [0.25, 0.3) is 5.57 Å². The van der Waals surface area contributed by atoms with E-state index < -0.39 is 5.97 Å². The highest BCUT2D eigenvalue weighted by atomic mass is 16.5. The molecule has 0 saturated heterocycles. The second-order valence-electron chi connectivity index (χ2n) is 3.63. The first-order valence-corrected chi connectivity index (χ1v) is 7.03. The molecule has 0 fully saturated rings. The van der Waals surface area contributed by atoms with E-state index >= 15 is 0 Å². The van der Waals surface area contributed by atoms with E-state index in [4.69, 9.17) is 5.11 Å². The van der Waals surface area contributed by atoms with Crippen LogP contribution in [0.1, 0.15) is 36.7 Å². The molecule has 0 spiro atoms. The molecule has 1 aromatic carbocycles. The van der Waals surface area contributed by atoms with E-state index in [1.165, 1.54) is 6.26 Å². The van der Waals surface area contributed by atoms with Crippen LogP contribution in [0.4, 0.5) is 0 Å². The summed E-state index contributed by atoms with van der Waals surface area (Å²) in [4.78, 5) is 10.8. The fraction of sp³-hybridized carbons (Fsp3) is 0.211. The highest BCUT2D eigenvalue weighted by Gasteiger charge is 2.04. The van der Waals surface area contributed by atoms with Gasteiger partial charge in [0.2, 0.25) is 0 Å². The Bertz CT molecular complexity index is 511. The third-order valence-electron chi connectivity index (χ3n) is 2.33. The lowest BCUT2D eigenvalue weighted by Gasteiger charge is -2.03. The molecule has 22 heavy (non-hydrogen) atoms. The van der Waals surface area contributed by atoms with Gasteiger partial charge in [-0.05, 0) is 30.2 Å². The second kappa shape index (κ2) is 14.9. The summed E-state index contributed by atoms with van der Waals surface area (Å²) >= 11 is 0. The van der Waals surface area contributed by atoms with Gasteiger partial charge in [0, 0.05) is 0 Å². The first-order valence-electron chi connectivity index (χ1n) is 7.03. The fourth-order valence-electron chi connectivity index (χ4n) is 1.36. The zero-order chi connectivity index (χ0) is 17.4. The number of carboxylic acid groups (broad SMARTS) is 1. The number of allylic oxidation sites excluding steroid dienone is 5. The molecule has 0 radical (unpaired) electrons. The maximum absolute atomic E-state index is 10.8. The third-order valence-corrected chi connectivity index (χ3v) is 2.33. The van der Waals surface area contributed by atoms with Crippen molar-refractivity contribution in [1.82, 2.24) is 0 Å². The summed E-state index contributed by atoms with van der Waals surface area (Å²) in [5.74, 6) is -0.912. The molecule has 0 atom stereocenters. The molecular weight excluding hydrogens is 276 g/mol. The SMILES string of the molecule is C=C/C=C\C(=C/C)c1cccc(C(=O)O)c1.C=COC.CC. The zero-order valence-corrected chi connectivity index (χ0v) is 13.9. The summed E-state index contributed by atoms with van der Waals surface area (Å²) in [6, 6.07) is 6.86. The molecule has 0 heterocycles. The monoisotopic (exact) mass is 302 g/mol. The number of methoxy groups -OCH3 is 1. The molecule has 0 aromatic heterocycles. The van der Waals surface area contributed by atoms with Crippen LogP contribution in [0.15, 0.2) is 68.0 Å². The fourth-order valence-corrected chi connectivity index (χ4v) is 1.36. The molecule has 0 saturated carbocycles. The lowest BCUT2D eigenvalue weighted by atomic mass is 10.0. The summed E-state index contributed by atoms with van der Waals surface area (Å²) in [5, 5.41) is 8.89. The predicted octanol–water partition coefficient (Wildman–Crippen LogP) is 5.33. The average Bonchev–Trinajstić information content (AvgIpc) is 2.58. The molecule has 0 bridgehead atoms. The van der Waals surface area contributed by atoms with Crippen LogP contribution < -0.4 is 0 Å². The first-order chi connectivity index (χ1) is 10.6. The van der Waals surface area contributed by atoms with Gasteiger partial charge in [-0.1, -0.05) is 63.4 Å². The van der Waals surface area contributed by atoms with Gasteiger partial charge >= 0.3 is 5.97 Å². The Morgan fingerprint density at radius 2 is 1.77 bits per heavy atom. The van der Waals surface area contributed by atoms with Gasteiger partial charge in [0.05, 0.1) is 18.9 Å². The van der Waals surface area contributed by atoms with Gasteiger partial charge < -0.3 is 9.84 Å². The summed E-state index contributed by atoms with van der Waals surface area (Å²) < 4.78 is 4.31. The molecular formula is C19H26O3. The Kier molecular flexibility index (Phi) is 14.7. The molecule has 120 valence electrons. The lowest BCUT2D eigenvalue weighted by Crippen LogP contribution is -1.96. The minimum atomic E-state index is -0.912. The molecule has 0 aliphatic carbocycles. The van der Waals surface area contributed by atoms with E-state index in [0.717, 1.165) is 11.1 Å². The van der Waals surface area contributed by atoms with E-state index in [-0.39, 0.29) is 0 Å². The third kappa shape index (κ3) is 9.37. The van der Waals surface area contributed by atoms with Crippen molar-refractivity contribution >= 4 is 11.5 Å². The molecule has 3 heteroatoms. The van der Waals surface area contributed by atoms with E-state index in [9.17, 15) is 4.79 Å². The number of hydrogen-bond acceptors (Lipinski definition) is 2. The Balaban J connectivity index is 0. The van der Waals surface area contributed by atoms with Crippen LogP contribution in [-0.2, 0) is 4.74 Å². The van der Waals surface area contributed by atoms with Gasteiger partial charge in [0.25, 0.3) is 0 Å². The van der Waals surface area contributed by atoms with Crippen molar-refractivity contribution in [2.75, 3.05) is 7.11 Å². The van der Waals surface area contributed by atoms with Crippen molar-refractivity contribution in [1.29, 1.82) is 0 Å².